The highest BCUT2D eigenvalue weighted by Gasteiger charge is 2.35. The zero-order valence-electron chi connectivity index (χ0n) is 9.30. The summed E-state index contributed by atoms with van der Waals surface area (Å²) in [5.41, 5.74) is -0.0962. The van der Waals surface area contributed by atoms with Crippen molar-refractivity contribution in [2.45, 2.75) is 43.2 Å². The van der Waals surface area contributed by atoms with Gasteiger partial charge >= 0.3 is 6.18 Å². The molecule has 0 N–H and O–H groups in total. The minimum Gasteiger partial charge on any atom is -0.166 e. The second kappa shape index (κ2) is 4.89. The molecule has 1 aliphatic rings. The van der Waals surface area contributed by atoms with Crippen LogP contribution in [0.2, 0.25) is 0 Å². The van der Waals surface area contributed by atoms with E-state index >= 15 is 0 Å². The molecule has 1 saturated carbocycles. The number of benzene rings is 1. The zero-order chi connectivity index (χ0) is 12.5. The van der Waals surface area contributed by atoms with Crippen LogP contribution < -0.4 is 0 Å². The Morgan fingerprint density at radius 1 is 1.12 bits per heavy atom. The zero-order valence-corrected chi connectivity index (χ0v) is 10.1. The molecule has 0 aromatic heterocycles. The maximum atomic E-state index is 12.9. The van der Waals surface area contributed by atoms with E-state index in [1.165, 1.54) is 6.07 Å². The van der Waals surface area contributed by atoms with Gasteiger partial charge in [0.05, 0.1) is 5.56 Å². The summed E-state index contributed by atoms with van der Waals surface area (Å²) in [6.07, 6.45) is -1.00. The van der Waals surface area contributed by atoms with Gasteiger partial charge in [0.15, 0.2) is 0 Å². The van der Waals surface area contributed by atoms with Gasteiger partial charge in [-0.25, -0.2) is 0 Å². The summed E-state index contributed by atoms with van der Waals surface area (Å²) in [5.74, 6) is -0.0518. The van der Waals surface area contributed by atoms with E-state index in [1.807, 2.05) is 0 Å². The lowest BCUT2D eigenvalue weighted by molar-refractivity contribution is -0.138. The molecule has 0 spiro atoms. The van der Waals surface area contributed by atoms with Crippen molar-refractivity contribution in [3.05, 3.63) is 35.4 Å². The summed E-state index contributed by atoms with van der Waals surface area (Å²) in [6, 6.07) is 5.85. The van der Waals surface area contributed by atoms with Gasteiger partial charge in [-0.15, -0.1) is 11.6 Å². The maximum absolute atomic E-state index is 12.9. The quantitative estimate of drug-likeness (QED) is 0.627. The van der Waals surface area contributed by atoms with Crippen LogP contribution in [0, 0.1) is 0 Å². The van der Waals surface area contributed by atoms with Crippen molar-refractivity contribution in [3.63, 3.8) is 0 Å². The summed E-state index contributed by atoms with van der Waals surface area (Å²) in [6.45, 7) is 0. The SMILES string of the molecule is FC(F)(F)c1ccccc1C1CCCC(Cl)C1. The van der Waals surface area contributed by atoms with Crippen molar-refractivity contribution in [1.29, 1.82) is 0 Å². The predicted octanol–water partition coefficient (Wildman–Crippen LogP) is 4.97. The van der Waals surface area contributed by atoms with Crippen molar-refractivity contribution < 1.29 is 13.2 Å². The first kappa shape index (κ1) is 12.7. The highest BCUT2D eigenvalue weighted by atomic mass is 35.5. The molecule has 1 aromatic rings. The molecule has 94 valence electrons. The minimum absolute atomic E-state index is 0.00930. The van der Waals surface area contributed by atoms with Crippen LogP contribution in [0.15, 0.2) is 24.3 Å². The number of halogens is 4. The van der Waals surface area contributed by atoms with Crippen LogP contribution in [0.3, 0.4) is 0 Å². The first-order chi connectivity index (χ1) is 7.98. The number of hydrogen-bond donors (Lipinski definition) is 0. The Balaban J connectivity index is 2.31. The van der Waals surface area contributed by atoms with E-state index in [0.717, 1.165) is 25.3 Å². The van der Waals surface area contributed by atoms with Crippen LogP contribution in [0.1, 0.15) is 42.7 Å². The third-order valence-corrected chi connectivity index (χ3v) is 3.71. The Kier molecular flexibility index (Phi) is 3.67. The van der Waals surface area contributed by atoms with E-state index in [-0.39, 0.29) is 11.3 Å². The van der Waals surface area contributed by atoms with Crippen molar-refractivity contribution in [2.75, 3.05) is 0 Å². The fraction of sp³-hybridized carbons (Fsp3) is 0.538. The van der Waals surface area contributed by atoms with Crippen molar-refractivity contribution in [3.8, 4) is 0 Å². The second-order valence-corrected chi connectivity index (χ2v) is 5.16. The average Bonchev–Trinajstić information content (AvgIpc) is 2.28. The van der Waals surface area contributed by atoms with Gasteiger partial charge in [0.1, 0.15) is 0 Å². The molecule has 2 unspecified atom stereocenters. The molecule has 0 radical (unpaired) electrons. The molecule has 1 fully saturated rings. The van der Waals surface area contributed by atoms with Crippen LogP contribution in [0.25, 0.3) is 0 Å². The van der Waals surface area contributed by atoms with Crippen LogP contribution >= 0.6 is 11.6 Å². The standard InChI is InChI=1S/C13H14ClF3/c14-10-5-3-4-9(8-10)11-6-1-2-7-12(11)13(15,16)17/h1-2,6-7,9-10H,3-5,8H2. The lowest BCUT2D eigenvalue weighted by Crippen LogP contribution is -2.18. The molecule has 1 aromatic carbocycles. The summed E-state index contributed by atoms with van der Waals surface area (Å²) in [4.78, 5) is 0. The average molecular weight is 263 g/mol. The highest BCUT2D eigenvalue weighted by molar-refractivity contribution is 6.20. The largest absolute Gasteiger partial charge is 0.416 e. The first-order valence-electron chi connectivity index (χ1n) is 5.78. The first-order valence-corrected chi connectivity index (χ1v) is 6.22. The summed E-state index contributed by atoms with van der Waals surface area (Å²) >= 11 is 6.05. The third-order valence-electron chi connectivity index (χ3n) is 3.32. The topological polar surface area (TPSA) is 0 Å². The molecule has 0 nitrogen and oxygen atoms in total. The van der Waals surface area contributed by atoms with Crippen LogP contribution in [0.4, 0.5) is 13.2 Å². The predicted molar refractivity (Wildman–Crippen MR) is 62.3 cm³/mol. The molecule has 2 rings (SSSR count). The number of alkyl halides is 4. The number of hydrogen-bond acceptors (Lipinski definition) is 0. The fourth-order valence-corrected chi connectivity index (χ4v) is 2.89. The van der Waals surface area contributed by atoms with Crippen molar-refractivity contribution in [2.24, 2.45) is 0 Å². The van der Waals surface area contributed by atoms with Crippen molar-refractivity contribution in [1.82, 2.24) is 0 Å². The number of rotatable bonds is 1. The van der Waals surface area contributed by atoms with Gasteiger partial charge in [-0.1, -0.05) is 24.6 Å². The van der Waals surface area contributed by atoms with E-state index in [2.05, 4.69) is 0 Å². The Bertz CT molecular complexity index is 386. The van der Waals surface area contributed by atoms with Gasteiger partial charge in [0, 0.05) is 5.38 Å². The van der Waals surface area contributed by atoms with E-state index in [4.69, 9.17) is 11.6 Å². The Morgan fingerprint density at radius 2 is 1.82 bits per heavy atom. The van der Waals surface area contributed by atoms with Gasteiger partial charge in [-0.3, -0.25) is 0 Å². The molecule has 2 atom stereocenters. The molecule has 4 heteroatoms. The molecular weight excluding hydrogens is 249 g/mol. The van der Waals surface area contributed by atoms with Crippen LogP contribution in [0.5, 0.6) is 0 Å². The van der Waals surface area contributed by atoms with E-state index < -0.39 is 11.7 Å². The Labute approximate surface area is 104 Å². The molecule has 0 amide bonds. The molecule has 0 heterocycles. The van der Waals surface area contributed by atoms with Crippen molar-refractivity contribution >= 4 is 11.6 Å². The van der Waals surface area contributed by atoms with Gasteiger partial charge in [-0.05, 0) is 36.8 Å². The Hall–Kier alpha value is -0.700. The Morgan fingerprint density at radius 3 is 2.47 bits per heavy atom. The molecule has 0 saturated heterocycles. The summed E-state index contributed by atoms with van der Waals surface area (Å²) in [5, 5.41) is 0.00930. The van der Waals surface area contributed by atoms with Gasteiger partial charge in [0.25, 0.3) is 0 Å². The van der Waals surface area contributed by atoms with Gasteiger partial charge in [-0.2, -0.15) is 13.2 Å². The maximum Gasteiger partial charge on any atom is 0.416 e. The van der Waals surface area contributed by atoms with Gasteiger partial charge < -0.3 is 0 Å². The van der Waals surface area contributed by atoms with E-state index in [9.17, 15) is 13.2 Å². The smallest absolute Gasteiger partial charge is 0.166 e. The minimum atomic E-state index is -4.27. The molecule has 0 aliphatic heterocycles. The van der Waals surface area contributed by atoms with Crippen LogP contribution in [-0.4, -0.2) is 5.38 Å². The van der Waals surface area contributed by atoms with E-state index in [0.29, 0.717) is 12.0 Å². The molecule has 0 bridgehead atoms. The summed E-state index contributed by atoms with van der Waals surface area (Å²) < 4.78 is 38.6. The molecule has 17 heavy (non-hydrogen) atoms. The van der Waals surface area contributed by atoms with Gasteiger partial charge in [0.2, 0.25) is 0 Å². The highest BCUT2D eigenvalue weighted by Crippen LogP contribution is 2.41. The molecular formula is C13H14ClF3. The third kappa shape index (κ3) is 2.95. The normalized spacial score (nSPS) is 25.9. The fourth-order valence-electron chi connectivity index (χ4n) is 2.52. The lowest BCUT2D eigenvalue weighted by Gasteiger charge is -2.27. The second-order valence-electron chi connectivity index (χ2n) is 4.55. The van der Waals surface area contributed by atoms with E-state index in [1.54, 1.807) is 12.1 Å². The lowest BCUT2D eigenvalue weighted by atomic mass is 9.82. The molecule has 1 aliphatic carbocycles. The van der Waals surface area contributed by atoms with Crippen LogP contribution in [-0.2, 0) is 6.18 Å². The summed E-state index contributed by atoms with van der Waals surface area (Å²) in [7, 11) is 0. The monoisotopic (exact) mass is 262 g/mol.